The van der Waals surface area contributed by atoms with Gasteiger partial charge in [0.05, 0.1) is 6.54 Å². The molecule has 1 atom stereocenters. The van der Waals surface area contributed by atoms with Crippen molar-refractivity contribution in [1.82, 2.24) is 9.88 Å². The number of aromatic nitrogens is 2. The Bertz CT molecular complexity index is 690. The highest BCUT2D eigenvalue weighted by molar-refractivity contribution is 5.93. The summed E-state index contributed by atoms with van der Waals surface area (Å²) in [5, 5.41) is 11.3. The minimum absolute atomic E-state index is 0.0682. The van der Waals surface area contributed by atoms with Crippen LogP contribution >= 0.6 is 0 Å². The number of carbonyl (C=O) groups is 1. The molecule has 0 unspecified atom stereocenters. The van der Waals surface area contributed by atoms with Crippen LogP contribution in [-0.2, 0) is 0 Å². The summed E-state index contributed by atoms with van der Waals surface area (Å²) in [4.78, 5) is 18.4. The molecule has 2 aromatic rings. The minimum atomic E-state index is -0.145. The summed E-state index contributed by atoms with van der Waals surface area (Å²) in [6.07, 6.45) is 3.33. The highest BCUT2D eigenvalue weighted by atomic mass is 16.5. The average molecular weight is 299 g/mol. The summed E-state index contributed by atoms with van der Waals surface area (Å²) < 4.78 is 6.46. The fourth-order valence-electron chi connectivity index (χ4n) is 2.53. The highest BCUT2D eigenvalue weighted by Gasteiger charge is 2.29. The third-order valence-electron chi connectivity index (χ3n) is 3.60. The Kier molecular flexibility index (Phi) is 3.91. The molecule has 1 saturated heterocycles. The summed E-state index contributed by atoms with van der Waals surface area (Å²) in [6, 6.07) is 8.83. The van der Waals surface area contributed by atoms with Gasteiger partial charge in [-0.2, -0.15) is 4.73 Å². The van der Waals surface area contributed by atoms with E-state index in [-0.39, 0.29) is 12.0 Å². The van der Waals surface area contributed by atoms with Crippen molar-refractivity contribution in [3.8, 4) is 5.88 Å². The van der Waals surface area contributed by atoms with Gasteiger partial charge in [-0.05, 0) is 19.1 Å². The number of likely N-dealkylation sites (tertiary alicyclic amines) is 1. The van der Waals surface area contributed by atoms with E-state index < -0.39 is 0 Å². The lowest BCUT2D eigenvalue weighted by Crippen LogP contribution is -2.33. The molecule has 3 rings (SSSR count). The number of carbonyl (C=O) groups excluding carboxylic acids is 1. The molecule has 1 aliphatic heterocycles. The van der Waals surface area contributed by atoms with Crippen LogP contribution in [-0.4, -0.2) is 35.0 Å². The van der Waals surface area contributed by atoms with E-state index in [1.807, 2.05) is 25.1 Å². The fraction of sp³-hybridized carbons (Fsp3) is 0.312. The van der Waals surface area contributed by atoms with Crippen LogP contribution < -0.4 is 9.47 Å². The summed E-state index contributed by atoms with van der Waals surface area (Å²) in [5.41, 5.74) is 1.29. The number of rotatable bonds is 3. The van der Waals surface area contributed by atoms with Crippen molar-refractivity contribution in [2.75, 3.05) is 13.1 Å². The van der Waals surface area contributed by atoms with Crippen LogP contribution in [0.1, 0.15) is 22.5 Å². The van der Waals surface area contributed by atoms with Crippen molar-refractivity contribution in [2.45, 2.75) is 19.4 Å². The Morgan fingerprint density at radius 3 is 3.05 bits per heavy atom. The van der Waals surface area contributed by atoms with Crippen LogP contribution in [0.25, 0.3) is 0 Å². The van der Waals surface area contributed by atoms with E-state index >= 15 is 0 Å². The molecule has 0 N–H and O–H groups in total. The van der Waals surface area contributed by atoms with E-state index in [0.717, 1.165) is 12.1 Å². The van der Waals surface area contributed by atoms with Crippen LogP contribution in [0, 0.1) is 12.1 Å². The average Bonchev–Trinajstić information content (AvgIpc) is 2.95. The number of amides is 1. The van der Waals surface area contributed by atoms with E-state index in [9.17, 15) is 10.0 Å². The molecule has 2 aromatic heterocycles. The molecule has 1 fully saturated rings. The predicted molar refractivity (Wildman–Crippen MR) is 79.3 cm³/mol. The molecule has 1 aliphatic rings. The Balaban J connectivity index is 1.63. The van der Waals surface area contributed by atoms with Gasteiger partial charge in [0.15, 0.2) is 12.4 Å². The van der Waals surface area contributed by atoms with Crippen molar-refractivity contribution in [3.05, 3.63) is 59.2 Å². The largest absolute Gasteiger partial charge is 0.619 e. The van der Waals surface area contributed by atoms with Crippen LogP contribution in [0.5, 0.6) is 5.88 Å². The number of hydrogen-bond donors (Lipinski definition) is 0. The third-order valence-corrected chi connectivity index (χ3v) is 3.60. The first-order valence-corrected chi connectivity index (χ1v) is 7.20. The van der Waals surface area contributed by atoms with E-state index in [4.69, 9.17) is 4.74 Å². The van der Waals surface area contributed by atoms with Gasteiger partial charge in [-0.15, -0.1) is 0 Å². The van der Waals surface area contributed by atoms with Gasteiger partial charge in [0.25, 0.3) is 5.91 Å². The molecule has 114 valence electrons. The fourth-order valence-corrected chi connectivity index (χ4v) is 2.53. The van der Waals surface area contributed by atoms with E-state index in [2.05, 4.69) is 4.98 Å². The Morgan fingerprint density at radius 2 is 2.27 bits per heavy atom. The number of ether oxygens (including phenoxy) is 1. The van der Waals surface area contributed by atoms with Gasteiger partial charge in [-0.1, -0.05) is 6.07 Å². The van der Waals surface area contributed by atoms with E-state index in [1.54, 1.807) is 17.0 Å². The quantitative estimate of drug-likeness (QED) is 0.633. The molecule has 0 saturated carbocycles. The van der Waals surface area contributed by atoms with Crippen LogP contribution in [0.15, 0.2) is 42.7 Å². The lowest BCUT2D eigenvalue weighted by Gasteiger charge is -2.16. The lowest BCUT2D eigenvalue weighted by atomic mass is 10.2. The van der Waals surface area contributed by atoms with Crippen LogP contribution in [0.2, 0.25) is 0 Å². The third kappa shape index (κ3) is 3.16. The van der Waals surface area contributed by atoms with Gasteiger partial charge in [-0.3, -0.25) is 4.79 Å². The molecule has 3 heterocycles. The zero-order valence-corrected chi connectivity index (χ0v) is 12.3. The van der Waals surface area contributed by atoms with Crippen molar-refractivity contribution < 1.29 is 14.3 Å². The second-order valence-electron chi connectivity index (χ2n) is 5.35. The van der Waals surface area contributed by atoms with Gasteiger partial charge in [-0.25, -0.2) is 4.98 Å². The number of aryl methyl sites for hydroxylation is 1. The first-order valence-electron chi connectivity index (χ1n) is 7.20. The van der Waals surface area contributed by atoms with Gasteiger partial charge in [0.2, 0.25) is 5.88 Å². The topological polar surface area (TPSA) is 69.4 Å². The maximum Gasteiger partial charge on any atom is 0.260 e. The minimum Gasteiger partial charge on any atom is -0.619 e. The molecule has 0 aliphatic carbocycles. The molecule has 0 bridgehead atoms. The van der Waals surface area contributed by atoms with Crippen molar-refractivity contribution in [1.29, 1.82) is 0 Å². The van der Waals surface area contributed by atoms with E-state index in [1.165, 1.54) is 12.4 Å². The number of hydrogen-bond acceptors (Lipinski definition) is 4. The molecular formula is C16H17N3O3. The smallest absolute Gasteiger partial charge is 0.260 e. The molecule has 0 spiro atoms. The SMILES string of the molecule is Cc1cccc(O[C@@H]2CCN(C(=O)c3ccc[n+]([O-])c3)C2)n1. The standard InChI is InChI=1S/C16H17N3O3/c1-12-4-2-6-15(17-12)22-14-7-9-18(11-14)16(20)13-5-3-8-19(21)10-13/h2-6,8,10,14H,7,9,11H2,1H3/t14-/m1/s1. The molecule has 6 nitrogen and oxygen atoms in total. The second kappa shape index (κ2) is 6.01. The van der Waals surface area contributed by atoms with E-state index in [0.29, 0.717) is 29.3 Å². The first-order chi connectivity index (χ1) is 10.6. The monoisotopic (exact) mass is 299 g/mol. The van der Waals surface area contributed by atoms with Crippen molar-refractivity contribution in [3.63, 3.8) is 0 Å². The molecule has 0 aromatic carbocycles. The van der Waals surface area contributed by atoms with Gasteiger partial charge in [0, 0.05) is 30.8 Å². The zero-order valence-electron chi connectivity index (χ0n) is 12.3. The molecule has 1 amide bonds. The summed E-state index contributed by atoms with van der Waals surface area (Å²) in [6.45, 7) is 3.02. The zero-order chi connectivity index (χ0) is 15.5. The normalized spacial score (nSPS) is 17.5. The van der Waals surface area contributed by atoms with Crippen LogP contribution in [0.3, 0.4) is 0 Å². The number of pyridine rings is 2. The Labute approximate surface area is 128 Å². The lowest BCUT2D eigenvalue weighted by molar-refractivity contribution is -0.605. The Morgan fingerprint density at radius 1 is 1.41 bits per heavy atom. The van der Waals surface area contributed by atoms with Gasteiger partial charge in [0.1, 0.15) is 11.7 Å². The Hall–Kier alpha value is -2.63. The summed E-state index contributed by atoms with van der Waals surface area (Å²) >= 11 is 0. The van der Waals surface area contributed by atoms with Gasteiger partial charge >= 0.3 is 0 Å². The maximum absolute atomic E-state index is 12.4. The molecule has 6 heteroatoms. The van der Waals surface area contributed by atoms with Crippen LogP contribution in [0.4, 0.5) is 0 Å². The van der Waals surface area contributed by atoms with Crippen molar-refractivity contribution >= 4 is 5.91 Å². The second-order valence-corrected chi connectivity index (χ2v) is 5.35. The van der Waals surface area contributed by atoms with Crippen molar-refractivity contribution in [2.24, 2.45) is 0 Å². The highest BCUT2D eigenvalue weighted by Crippen LogP contribution is 2.18. The molecule has 22 heavy (non-hydrogen) atoms. The first kappa shape index (κ1) is 14.3. The summed E-state index contributed by atoms with van der Waals surface area (Å²) in [7, 11) is 0. The number of nitrogens with zero attached hydrogens (tertiary/aromatic N) is 3. The molecular weight excluding hydrogens is 282 g/mol. The summed E-state index contributed by atoms with van der Waals surface area (Å²) in [5.74, 6) is 0.435. The molecule has 0 radical (unpaired) electrons. The van der Waals surface area contributed by atoms with Gasteiger partial charge < -0.3 is 14.8 Å². The predicted octanol–water partition coefficient (Wildman–Crippen LogP) is 1.32. The maximum atomic E-state index is 12.4.